The van der Waals surface area contributed by atoms with Crippen molar-refractivity contribution < 1.29 is 9.13 Å². The van der Waals surface area contributed by atoms with Gasteiger partial charge in [0.2, 0.25) is 0 Å². The van der Waals surface area contributed by atoms with Crippen LogP contribution in [0.2, 0.25) is 0 Å². The molecule has 20 heavy (non-hydrogen) atoms. The third kappa shape index (κ3) is 3.30. The number of methoxy groups -OCH3 is 1. The average Bonchev–Trinajstić information content (AvgIpc) is 2.84. The standard InChI is InChI=1S/C13H18FN5O/c1-4-15-11(8-13-16-18-19(2)17-13)9-5-6-10(14)12(7-9)20-3/h5-7,11,15H,4,8H2,1-3H3. The summed E-state index contributed by atoms with van der Waals surface area (Å²) >= 11 is 0. The second-order valence-corrected chi connectivity index (χ2v) is 4.40. The number of benzene rings is 1. The molecule has 0 saturated carbocycles. The lowest BCUT2D eigenvalue weighted by Gasteiger charge is -2.17. The first-order valence-electron chi connectivity index (χ1n) is 6.43. The predicted molar refractivity (Wildman–Crippen MR) is 71.9 cm³/mol. The molecule has 0 aliphatic heterocycles. The van der Waals surface area contributed by atoms with Gasteiger partial charge in [-0.1, -0.05) is 13.0 Å². The number of hydrogen-bond acceptors (Lipinski definition) is 5. The zero-order valence-electron chi connectivity index (χ0n) is 11.8. The maximum atomic E-state index is 13.5. The molecule has 0 spiro atoms. The number of halogens is 1. The Morgan fingerprint density at radius 1 is 1.45 bits per heavy atom. The van der Waals surface area contributed by atoms with Crippen LogP contribution in [-0.2, 0) is 13.5 Å². The second kappa shape index (κ2) is 6.42. The molecule has 2 rings (SSSR count). The van der Waals surface area contributed by atoms with Crippen molar-refractivity contribution in [2.75, 3.05) is 13.7 Å². The lowest BCUT2D eigenvalue weighted by Crippen LogP contribution is -2.23. The summed E-state index contributed by atoms with van der Waals surface area (Å²) in [5.74, 6) is 0.503. The van der Waals surface area contributed by atoms with E-state index < -0.39 is 0 Å². The molecule has 0 radical (unpaired) electrons. The third-order valence-corrected chi connectivity index (χ3v) is 2.96. The van der Waals surface area contributed by atoms with Crippen molar-refractivity contribution in [3.63, 3.8) is 0 Å². The van der Waals surface area contributed by atoms with Crippen LogP contribution >= 0.6 is 0 Å². The molecule has 0 saturated heterocycles. The summed E-state index contributed by atoms with van der Waals surface area (Å²) in [4.78, 5) is 1.42. The number of nitrogens with zero attached hydrogens (tertiary/aromatic N) is 4. The molecule has 1 heterocycles. The van der Waals surface area contributed by atoms with Crippen LogP contribution in [0, 0.1) is 5.82 Å². The van der Waals surface area contributed by atoms with Gasteiger partial charge in [0.25, 0.3) is 0 Å². The number of likely N-dealkylation sites (N-methyl/N-ethyl adjacent to an activating group) is 1. The van der Waals surface area contributed by atoms with E-state index in [2.05, 4.69) is 20.7 Å². The molecule has 0 aliphatic carbocycles. The first-order chi connectivity index (χ1) is 9.63. The van der Waals surface area contributed by atoms with Gasteiger partial charge in [-0.05, 0) is 29.5 Å². The molecule has 1 aromatic heterocycles. The highest BCUT2D eigenvalue weighted by Gasteiger charge is 2.16. The van der Waals surface area contributed by atoms with Crippen LogP contribution in [0.25, 0.3) is 0 Å². The molecule has 2 aromatic rings. The van der Waals surface area contributed by atoms with E-state index in [0.29, 0.717) is 12.2 Å². The van der Waals surface area contributed by atoms with Gasteiger partial charge in [-0.25, -0.2) is 4.39 Å². The van der Waals surface area contributed by atoms with Crippen molar-refractivity contribution in [3.8, 4) is 5.75 Å². The average molecular weight is 279 g/mol. The maximum absolute atomic E-state index is 13.5. The van der Waals surface area contributed by atoms with Gasteiger partial charge < -0.3 is 10.1 Å². The smallest absolute Gasteiger partial charge is 0.176 e. The van der Waals surface area contributed by atoms with E-state index in [-0.39, 0.29) is 17.6 Å². The summed E-state index contributed by atoms with van der Waals surface area (Å²) in [6.45, 7) is 2.79. The largest absolute Gasteiger partial charge is 0.494 e. The molecule has 108 valence electrons. The van der Waals surface area contributed by atoms with Crippen LogP contribution in [0.1, 0.15) is 24.4 Å². The predicted octanol–water partition coefficient (Wildman–Crippen LogP) is 1.25. The zero-order valence-corrected chi connectivity index (χ0v) is 11.8. The van der Waals surface area contributed by atoms with E-state index in [0.717, 1.165) is 12.1 Å². The molecular formula is C13H18FN5O. The van der Waals surface area contributed by atoms with E-state index >= 15 is 0 Å². The minimum atomic E-state index is -0.371. The monoisotopic (exact) mass is 279 g/mol. The van der Waals surface area contributed by atoms with E-state index in [9.17, 15) is 4.39 Å². The lowest BCUT2D eigenvalue weighted by atomic mass is 10.0. The van der Waals surface area contributed by atoms with Crippen LogP contribution in [-0.4, -0.2) is 33.9 Å². The van der Waals surface area contributed by atoms with Crippen LogP contribution in [0.4, 0.5) is 4.39 Å². The Kier molecular flexibility index (Phi) is 4.62. The quantitative estimate of drug-likeness (QED) is 0.862. The number of hydrogen-bond donors (Lipinski definition) is 1. The highest BCUT2D eigenvalue weighted by molar-refractivity contribution is 5.32. The van der Waals surface area contributed by atoms with Gasteiger partial charge in [-0.15, -0.1) is 10.2 Å². The van der Waals surface area contributed by atoms with E-state index in [1.165, 1.54) is 18.0 Å². The van der Waals surface area contributed by atoms with Gasteiger partial charge in [-0.2, -0.15) is 4.80 Å². The molecule has 0 bridgehead atoms. The topological polar surface area (TPSA) is 64.9 Å². The fourth-order valence-corrected chi connectivity index (χ4v) is 2.04. The van der Waals surface area contributed by atoms with Gasteiger partial charge in [-0.3, -0.25) is 0 Å². The van der Waals surface area contributed by atoms with Crippen molar-refractivity contribution in [1.82, 2.24) is 25.5 Å². The summed E-state index contributed by atoms with van der Waals surface area (Å²) in [6.07, 6.45) is 0.580. The Balaban J connectivity index is 2.23. The molecule has 6 nitrogen and oxygen atoms in total. The van der Waals surface area contributed by atoms with Crippen molar-refractivity contribution in [1.29, 1.82) is 0 Å². The summed E-state index contributed by atoms with van der Waals surface area (Å²) in [6, 6.07) is 4.82. The molecule has 0 fully saturated rings. The molecule has 1 N–H and O–H groups in total. The highest BCUT2D eigenvalue weighted by atomic mass is 19.1. The van der Waals surface area contributed by atoms with Gasteiger partial charge in [0.1, 0.15) is 0 Å². The van der Waals surface area contributed by atoms with E-state index in [1.54, 1.807) is 19.2 Å². The Morgan fingerprint density at radius 3 is 2.85 bits per heavy atom. The summed E-state index contributed by atoms with van der Waals surface area (Å²) < 4.78 is 18.5. The van der Waals surface area contributed by atoms with Crippen molar-refractivity contribution in [2.45, 2.75) is 19.4 Å². The minimum absolute atomic E-state index is 0.0151. The summed E-state index contributed by atoms with van der Waals surface area (Å²) in [5.41, 5.74) is 0.928. The number of ether oxygens (including phenoxy) is 1. The highest BCUT2D eigenvalue weighted by Crippen LogP contribution is 2.24. The lowest BCUT2D eigenvalue weighted by molar-refractivity contribution is 0.384. The van der Waals surface area contributed by atoms with Crippen LogP contribution in [0.5, 0.6) is 5.75 Å². The minimum Gasteiger partial charge on any atom is -0.494 e. The fraction of sp³-hybridized carbons (Fsp3) is 0.462. The van der Waals surface area contributed by atoms with Crippen LogP contribution in [0.15, 0.2) is 18.2 Å². The Bertz CT molecular complexity index is 572. The number of tetrazole rings is 1. The first-order valence-corrected chi connectivity index (χ1v) is 6.43. The number of aromatic nitrogens is 4. The Hall–Kier alpha value is -2.02. The van der Waals surface area contributed by atoms with Gasteiger partial charge in [0.05, 0.1) is 14.2 Å². The normalized spacial score (nSPS) is 12.4. The zero-order chi connectivity index (χ0) is 14.5. The van der Waals surface area contributed by atoms with E-state index in [1.807, 2.05) is 6.92 Å². The van der Waals surface area contributed by atoms with Gasteiger partial charge in [0.15, 0.2) is 17.4 Å². The van der Waals surface area contributed by atoms with Gasteiger partial charge in [0, 0.05) is 12.5 Å². The molecular weight excluding hydrogens is 261 g/mol. The first kappa shape index (κ1) is 14.4. The number of nitrogens with one attached hydrogen (secondary N) is 1. The molecule has 1 atom stereocenters. The fourth-order valence-electron chi connectivity index (χ4n) is 2.04. The third-order valence-electron chi connectivity index (χ3n) is 2.96. The Morgan fingerprint density at radius 2 is 2.25 bits per heavy atom. The summed E-state index contributed by atoms with van der Waals surface area (Å²) in [5, 5.41) is 15.3. The van der Waals surface area contributed by atoms with Crippen LogP contribution in [0.3, 0.4) is 0 Å². The molecule has 7 heteroatoms. The Labute approximate surface area is 116 Å². The molecule has 1 unspecified atom stereocenters. The number of rotatable bonds is 6. The van der Waals surface area contributed by atoms with Crippen molar-refractivity contribution in [3.05, 3.63) is 35.4 Å². The molecule has 1 aromatic carbocycles. The maximum Gasteiger partial charge on any atom is 0.176 e. The van der Waals surface area contributed by atoms with Crippen LogP contribution < -0.4 is 10.1 Å². The van der Waals surface area contributed by atoms with E-state index in [4.69, 9.17) is 4.74 Å². The van der Waals surface area contributed by atoms with Gasteiger partial charge >= 0.3 is 0 Å². The van der Waals surface area contributed by atoms with Crippen molar-refractivity contribution in [2.24, 2.45) is 7.05 Å². The van der Waals surface area contributed by atoms with Crippen molar-refractivity contribution >= 4 is 0 Å². The second-order valence-electron chi connectivity index (χ2n) is 4.40. The molecule has 0 amide bonds. The molecule has 0 aliphatic rings. The number of aryl methyl sites for hydroxylation is 1. The summed E-state index contributed by atoms with van der Waals surface area (Å²) in [7, 11) is 3.17. The SMILES string of the molecule is CCNC(Cc1nnn(C)n1)c1ccc(F)c(OC)c1.